The van der Waals surface area contributed by atoms with Crippen LogP contribution in [0.1, 0.15) is 11.4 Å². The number of anilines is 1. The topological polar surface area (TPSA) is 37.8 Å². The minimum atomic E-state index is 0.468. The number of aromatic nitrogens is 2. The second-order valence-electron chi connectivity index (χ2n) is 3.11. The van der Waals surface area contributed by atoms with Gasteiger partial charge < -0.3 is 5.32 Å². The van der Waals surface area contributed by atoms with E-state index in [2.05, 4.69) is 32.1 Å². The number of rotatable bonds is 3. The molecule has 78 valence electrons. The molecule has 15 heavy (non-hydrogen) atoms. The van der Waals surface area contributed by atoms with Gasteiger partial charge in [-0.2, -0.15) is 11.3 Å². The smallest absolute Gasteiger partial charge is 0.134 e. The molecule has 2 aromatic heterocycles. The highest BCUT2D eigenvalue weighted by atomic mass is 35.5. The van der Waals surface area contributed by atoms with Gasteiger partial charge in [0.25, 0.3) is 0 Å². The Balaban J connectivity index is 2.05. The van der Waals surface area contributed by atoms with E-state index in [0.29, 0.717) is 11.0 Å². The Labute approximate surface area is 97.2 Å². The van der Waals surface area contributed by atoms with Gasteiger partial charge >= 0.3 is 0 Å². The molecule has 3 nitrogen and oxygen atoms in total. The molecule has 0 aliphatic rings. The highest BCUT2D eigenvalue weighted by Gasteiger charge is 1.99. The lowest BCUT2D eigenvalue weighted by molar-refractivity contribution is 1.02. The molecule has 0 atom stereocenters. The lowest BCUT2D eigenvalue weighted by atomic mass is 10.3. The van der Waals surface area contributed by atoms with E-state index in [1.54, 1.807) is 17.4 Å². The van der Waals surface area contributed by atoms with E-state index in [0.717, 1.165) is 12.4 Å². The number of aryl methyl sites for hydroxylation is 1. The van der Waals surface area contributed by atoms with Crippen molar-refractivity contribution in [3.8, 4) is 0 Å². The van der Waals surface area contributed by atoms with Gasteiger partial charge in [-0.15, -0.1) is 0 Å². The average molecular weight is 240 g/mol. The Hall–Kier alpha value is -1.13. The van der Waals surface area contributed by atoms with Gasteiger partial charge in [-0.25, -0.2) is 9.97 Å². The monoisotopic (exact) mass is 239 g/mol. The van der Waals surface area contributed by atoms with Gasteiger partial charge in [0.05, 0.1) is 0 Å². The fourth-order valence-corrected chi connectivity index (χ4v) is 2.10. The van der Waals surface area contributed by atoms with Gasteiger partial charge in [-0.05, 0) is 29.3 Å². The van der Waals surface area contributed by atoms with E-state index in [1.165, 1.54) is 5.56 Å². The molecule has 0 saturated heterocycles. The standard InChI is InChI=1S/C10H10ClN3S/c1-7-13-9(11)4-10(14-7)12-5-8-2-3-15-6-8/h2-4,6H,5H2,1H3,(H,12,13,14). The molecule has 0 unspecified atom stereocenters. The van der Waals surface area contributed by atoms with Gasteiger partial charge in [-0.3, -0.25) is 0 Å². The van der Waals surface area contributed by atoms with Crippen LogP contribution < -0.4 is 5.32 Å². The van der Waals surface area contributed by atoms with Crippen LogP contribution in [0.15, 0.2) is 22.9 Å². The third-order valence-electron chi connectivity index (χ3n) is 1.86. The molecule has 5 heteroatoms. The van der Waals surface area contributed by atoms with Crippen LogP contribution in [0.3, 0.4) is 0 Å². The van der Waals surface area contributed by atoms with Crippen molar-refractivity contribution < 1.29 is 0 Å². The van der Waals surface area contributed by atoms with Gasteiger partial charge in [0.2, 0.25) is 0 Å². The Morgan fingerprint density at radius 2 is 2.33 bits per heavy atom. The van der Waals surface area contributed by atoms with Crippen LogP contribution in [0.4, 0.5) is 5.82 Å². The second kappa shape index (κ2) is 4.59. The minimum Gasteiger partial charge on any atom is -0.366 e. The first-order valence-corrected chi connectivity index (χ1v) is 5.82. The minimum absolute atomic E-state index is 0.468. The van der Waals surface area contributed by atoms with E-state index in [-0.39, 0.29) is 0 Å². The van der Waals surface area contributed by atoms with Gasteiger partial charge in [0, 0.05) is 12.6 Å². The number of hydrogen-bond acceptors (Lipinski definition) is 4. The number of halogens is 1. The number of hydrogen-bond donors (Lipinski definition) is 1. The fraction of sp³-hybridized carbons (Fsp3) is 0.200. The van der Waals surface area contributed by atoms with Crippen LogP contribution >= 0.6 is 22.9 Å². The predicted octanol–water partition coefficient (Wildman–Crippen LogP) is 3.11. The van der Waals surface area contributed by atoms with E-state index in [1.807, 2.05) is 6.92 Å². The first kappa shape index (κ1) is 10.4. The van der Waals surface area contributed by atoms with Crippen molar-refractivity contribution in [2.24, 2.45) is 0 Å². The van der Waals surface area contributed by atoms with Crippen molar-refractivity contribution in [2.75, 3.05) is 5.32 Å². The maximum absolute atomic E-state index is 5.82. The quantitative estimate of drug-likeness (QED) is 0.837. The maximum atomic E-state index is 5.82. The normalized spacial score (nSPS) is 10.3. The van der Waals surface area contributed by atoms with Crippen LogP contribution in [0.2, 0.25) is 5.15 Å². The highest BCUT2D eigenvalue weighted by molar-refractivity contribution is 7.07. The third-order valence-corrected chi connectivity index (χ3v) is 2.79. The van der Waals surface area contributed by atoms with Crippen molar-refractivity contribution in [2.45, 2.75) is 13.5 Å². The summed E-state index contributed by atoms with van der Waals surface area (Å²) in [6.45, 7) is 2.58. The highest BCUT2D eigenvalue weighted by Crippen LogP contribution is 2.13. The van der Waals surface area contributed by atoms with E-state index in [9.17, 15) is 0 Å². The summed E-state index contributed by atoms with van der Waals surface area (Å²) in [7, 11) is 0. The lowest BCUT2D eigenvalue weighted by Gasteiger charge is -2.04. The summed E-state index contributed by atoms with van der Waals surface area (Å²) in [4.78, 5) is 8.23. The Morgan fingerprint density at radius 3 is 3.00 bits per heavy atom. The Morgan fingerprint density at radius 1 is 1.47 bits per heavy atom. The van der Waals surface area contributed by atoms with Crippen LogP contribution in [0.25, 0.3) is 0 Å². The fourth-order valence-electron chi connectivity index (χ4n) is 1.21. The molecule has 2 rings (SSSR count). The van der Waals surface area contributed by atoms with E-state index >= 15 is 0 Å². The Kier molecular flexibility index (Phi) is 3.18. The van der Waals surface area contributed by atoms with Crippen molar-refractivity contribution in [1.82, 2.24) is 9.97 Å². The number of nitrogens with one attached hydrogen (secondary N) is 1. The van der Waals surface area contributed by atoms with Gasteiger partial charge in [0.15, 0.2) is 0 Å². The molecule has 0 radical (unpaired) electrons. The van der Waals surface area contributed by atoms with Crippen LogP contribution in [-0.2, 0) is 6.54 Å². The average Bonchev–Trinajstić information content (AvgIpc) is 2.65. The SMILES string of the molecule is Cc1nc(Cl)cc(NCc2ccsc2)n1. The van der Waals surface area contributed by atoms with Crippen LogP contribution in [-0.4, -0.2) is 9.97 Å². The summed E-state index contributed by atoms with van der Waals surface area (Å²) < 4.78 is 0. The molecular formula is C10H10ClN3S. The summed E-state index contributed by atoms with van der Waals surface area (Å²) in [5.41, 5.74) is 1.24. The zero-order valence-corrected chi connectivity index (χ0v) is 9.77. The summed E-state index contributed by atoms with van der Waals surface area (Å²) in [6, 6.07) is 3.80. The lowest BCUT2D eigenvalue weighted by Crippen LogP contribution is -2.02. The molecule has 0 aromatic carbocycles. The molecule has 0 aliphatic carbocycles. The molecular weight excluding hydrogens is 230 g/mol. The van der Waals surface area contributed by atoms with Crippen molar-refractivity contribution in [3.05, 3.63) is 39.4 Å². The number of thiophene rings is 1. The van der Waals surface area contributed by atoms with Crippen molar-refractivity contribution >= 4 is 28.8 Å². The molecule has 2 heterocycles. The summed E-state index contributed by atoms with van der Waals surface area (Å²) in [6.07, 6.45) is 0. The molecule has 0 saturated carbocycles. The summed E-state index contributed by atoms with van der Waals surface area (Å²) in [5.74, 6) is 1.44. The zero-order chi connectivity index (χ0) is 10.7. The number of nitrogens with zero attached hydrogens (tertiary/aromatic N) is 2. The largest absolute Gasteiger partial charge is 0.366 e. The first-order chi connectivity index (χ1) is 7.24. The van der Waals surface area contributed by atoms with E-state index in [4.69, 9.17) is 11.6 Å². The summed E-state index contributed by atoms with van der Waals surface area (Å²) in [5, 5.41) is 7.82. The Bertz CT molecular complexity index is 422. The van der Waals surface area contributed by atoms with Gasteiger partial charge in [0.1, 0.15) is 16.8 Å². The molecule has 0 amide bonds. The van der Waals surface area contributed by atoms with E-state index < -0.39 is 0 Å². The van der Waals surface area contributed by atoms with Crippen molar-refractivity contribution in [3.63, 3.8) is 0 Å². The molecule has 0 fully saturated rings. The molecule has 1 N–H and O–H groups in total. The second-order valence-corrected chi connectivity index (χ2v) is 4.28. The van der Waals surface area contributed by atoms with Crippen LogP contribution in [0.5, 0.6) is 0 Å². The van der Waals surface area contributed by atoms with Crippen LogP contribution in [0, 0.1) is 6.92 Å². The maximum Gasteiger partial charge on any atom is 0.134 e. The molecule has 2 aromatic rings. The molecule has 0 aliphatic heterocycles. The summed E-state index contributed by atoms with van der Waals surface area (Å²) >= 11 is 7.50. The zero-order valence-electron chi connectivity index (χ0n) is 8.20. The first-order valence-electron chi connectivity index (χ1n) is 4.50. The predicted molar refractivity (Wildman–Crippen MR) is 63.4 cm³/mol. The molecule has 0 bridgehead atoms. The molecule has 0 spiro atoms. The van der Waals surface area contributed by atoms with Gasteiger partial charge in [-0.1, -0.05) is 11.6 Å². The van der Waals surface area contributed by atoms with Crippen molar-refractivity contribution in [1.29, 1.82) is 0 Å². The third kappa shape index (κ3) is 2.91.